The van der Waals surface area contributed by atoms with Crippen molar-refractivity contribution in [1.29, 1.82) is 0 Å². The topological polar surface area (TPSA) is 68.8 Å². The van der Waals surface area contributed by atoms with E-state index in [1.54, 1.807) is 17.1 Å². The Morgan fingerprint density at radius 3 is 2.75 bits per heavy atom. The molecule has 0 saturated carbocycles. The minimum atomic E-state index is 0.595. The van der Waals surface area contributed by atoms with Crippen LogP contribution in [0, 0.1) is 6.92 Å². The average Bonchev–Trinajstić information content (AvgIpc) is 2.51. The Balaban J connectivity index is 2.37. The second-order valence-corrected chi connectivity index (χ2v) is 4.37. The Labute approximate surface area is 102 Å². The van der Waals surface area contributed by atoms with Gasteiger partial charge in [-0.05, 0) is 22.9 Å². The molecule has 6 heteroatoms. The van der Waals surface area contributed by atoms with E-state index < -0.39 is 0 Å². The molecule has 0 fully saturated rings. The lowest BCUT2D eigenvalue weighted by Crippen LogP contribution is -1.98. The number of rotatable bonds is 2. The zero-order chi connectivity index (χ0) is 11.7. The summed E-state index contributed by atoms with van der Waals surface area (Å²) in [6, 6.07) is 0. The molecule has 5 nitrogen and oxygen atoms in total. The van der Waals surface area contributed by atoms with E-state index in [1.807, 2.05) is 20.2 Å². The Morgan fingerprint density at radius 1 is 1.44 bits per heavy atom. The molecule has 84 valence electrons. The molecule has 16 heavy (non-hydrogen) atoms. The predicted octanol–water partition coefficient (Wildman–Crippen LogP) is 2.21. The Bertz CT molecular complexity index is 500. The van der Waals surface area contributed by atoms with E-state index in [1.165, 1.54) is 0 Å². The Kier molecular flexibility index (Phi) is 2.82. The van der Waals surface area contributed by atoms with Gasteiger partial charge in [-0.15, -0.1) is 0 Å². The number of pyridine rings is 1. The molecule has 2 heterocycles. The summed E-state index contributed by atoms with van der Waals surface area (Å²) in [5.41, 5.74) is 9.10. The van der Waals surface area contributed by atoms with Gasteiger partial charge in [0, 0.05) is 19.4 Å². The maximum atomic E-state index is 5.84. The lowest BCUT2D eigenvalue weighted by Gasteiger charge is -2.09. The molecule has 0 unspecified atom stereocenters. The van der Waals surface area contributed by atoms with Gasteiger partial charge in [-0.3, -0.25) is 9.67 Å². The van der Waals surface area contributed by atoms with Crippen molar-refractivity contribution in [2.45, 2.75) is 6.92 Å². The van der Waals surface area contributed by atoms with Gasteiger partial charge >= 0.3 is 0 Å². The standard InChI is InChI=1S/C10H12BrN5/c1-6-9(5-16(2)15-6)14-10-7(11)3-13-4-8(10)12/h3-5H,12H2,1-2H3,(H,13,14). The third kappa shape index (κ3) is 2.01. The summed E-state index contributed by atoms with van der Waals surface area (Å²) >= 11 is 3.40. The number of hydrogen-bond donors (Lipinski definition) is 2. The fraction of sp³-hybridized carbons (Fsp3) is 0.200. The van der Waals surface area contributed by atoms with E-state index in [0.29, 0.717) is 5.69 Å². The highest BCUT2D eigenvalue weighted by atomic mass is 79.9. The molecule has 0 amide bonds. The van der Waals surface area contributed by atoms with Gasteiger partial charge in [-0.2, -0.15) is 5.10 Å². The maximum absolute atomic E-state index is 5.84. The van der Waals surface area contributed by atoms with Gasteiger partial charge in [0.2, 0.25) is 0 Å². The second-order valence-electron chi connectivity index (χ2n) is 3.51. The zero-order valence-corrected chi connectivity index (χ0v) is 10.6. The fourth-order valence-electron chi connectivity index (χ4n) is 1.44. The molecule has 2 aromatic heterocycles. The van der Waals surface area contributed by atoms with E-state index in [9.17, 15) is 0 Å². The number of nitrogens with two attached hydrogens (primary N) is 1. The molecule has 0 aliphatic carbocycles. The van der Waals surface area contributed by atoms with Crippen LogP contribution in [0.4, 0.5) is 17.1 Å². The van der Waals surface area contributed by atoms with Crippen LogP contribution in [0.2, 0.25) is 0 Å². The highest BCUT2D eigenvalue weighted by Crippen LogP contribution is 2.30. The highest BCUT2D eigenvalue weighted by Gasteiger charge is 2.08. The number of nitrogens with zero attached hydrogens (tertiary/aromatic N) is 3. The van der Waals surface area contributed by atoms with Crippen LogP contribution in [-0.4, -0.2) is 14.8 Å². The third-order valence-corrected chi connectivity index (χ3v) is 2.80. The van der Waals surface area contributed by atoms with Gasteiger partial charge in [-0.25, -0.2) is 0 Å². The van der Waals surface area contributed by atoms with E-state index in [0.717, 1.165) is 21.5 Å². The number of hydrogen-bond acceptors (Lipinski definition) is 4. The van der Waals surface area contributed by atoms with Gasteiger partial charge in [0.15, 0.2) is 0 Å². The monoisotopic (exact) mass is 281 g/mol. The van der Waals surface area contributed by atoms with Gasteiger partial charge < -0.3 is 11.1 Å². The van der Waals surface area contributed by atoms with Crippen molar-refractivity contribution >= 4 is 33.0 Å². The molecule has 3 N–H and O–H groups in total. The summed E-state index contributed by atoms with van der Waals surface area (Å²) < 4.78 is 2.58. The van der Waals surface area contributed by atoms with Crippen molar-refractivity contribution in [1.82, 2.24) is 14.8 Å². The first-order valence-electron chi connectivity index (χ1n) is 4.74. The van der Waals surface area contributed by atoms with E-state index >= 15 is 0 Å². The lowest BCUT2D eigenvalue weighted by molar-refractivity contribution is 0.756. The first-order chi connectivity index (χ1) is 7.58. The fourth-order valence-corrected chi connectivity index (χ4v) is 1.89. The molecule has 0 bridgehead atoms. The number of nitrogens with one attached hydrogen (secondary N) is 1. The van der Waals surface area contributed by atoms with Crippen LogP contribution in [-0.2, 0) is 7.05 Å². The molecule has 2 rings (SSSR count). The van der Waals surface area contributed by atoms with Gasteiger partial charge in [-0.1, -0.05) is 0 Å². The summed E-state index contributed by atoms with van der Waals surface area (Å²) in [6.07, 6.45) is 5.21. The molecule has 0 aliphatic heterocycles. The van der Waals surface area contributed by atoms with Crippen LogP contribution in [0.15, 0.2) is 23.1 Å². The molecular weight excluding hydrogens is 270 g/mol. The summed E-state index contributed by atoms with van der Waals surface area (Å²) in [7, 11) is 1.88. The van der Waals surface area contributed by atoms with Crippen molar-refractivity contribution in [2.75, 3.05) is 11.1 Å². The van der Waals surface area contributed by atoms with Crippen molar-refractivity contribution in [3.05, 3.63) is 28.8 Å². The average molecular weight is 282 g/mol. The second kappa shape index (κ2) is 4.13. The zero-order valence-electron chi connectivity index (χ0n) is 9.03. The van der Waals surface area contributed by atoms with Crippen LogP contribution in [0.3, 0.4) is 0 Å². The van der Waals surface area contributed by atoms with Crippen LogP contribution in [0.1, 0.15) is 5.69 Å². The van der Waals surface area contributed by atoms with Crippen LogP contribution < -0.4 is 11.1 Å². The lowest BCUT2D eigenvalue weighted by atomic mass is 10.3. The Morgan fingerprint density at radius 2 is 2.19 bits per heavy atom. The molecular formula is C10H12BrN5. The highest BCUT2D eigenvalue weighted by molar-refractivity contribution is 9.10. The SMILES string of the molecule is Cc1nn(C)cc1Nc1c(N)cncc1Br. The molecule has 0 saturated heterocycles. The predicted molar refractivity (Wildman–Crippen MR) is 67.6 cm³/mol. The van der Waals surface area contributed by atoms with Crippen LogP contribution in [0.25, 0.3) is 0 Å². The van der Waals surface area contributed by atoms with Crippen molar-refractivity contribution in [3.8, 4) is 0 Å². The largest absolute Gasteiger partial charge is 0.396 e. The normalized spacial score (nSPS) is 10.4. The van der Waals surface area contributed by atoms with Gasteiger partial charge in [0.05, 0.1) is 33.4 Å². The van der Waals surface area contributed by atoms with Crippen molar-refractivity contribution in [3.63, 3.8) is 0 Å². The number of aromatic nitrogens is 3. The maximum Gasteiger partial charge on any atom is 0.0828 e. The number of nitrogen functional groups attached to an aromatic ring is 1. The minimum absolute atomic E-state index is 0.595. The molecule has 0 aromatic carbocycles. The smallest absolute Gasteiger partial charge is 0.0828 e. The van der Waals surface area contributed by atoms with Gasteiger partial charge in [0.25, 0.3) is 0 Å². The molecule has 0 aliphatic rings. The molecule has 2 aromatic rings. The Hall–Kier alpha value is -1.56. The van der Waals surface area contributed by atoms with Gasteiger partial charge in [0.1, 0.15) is 0 Å². The van der Waals surface area contributed by atoms with E-state index in [4.69, 9.17) is 5.73 Å². The van der Waals surface area contributed by atoms with Crippen molar-refractivity contribution in [2.24, 2.45) is 7.05 Å². The third-order valence-electron chi connectivity index (χ3n) is 2.20. The summed E-state index contributed by atoms with van der Waals surface area (Å²) in [6.45, 7) is 1.94. The first kappa shape index (κ1) is 10.9. The quantitative estimate of drug-likeness (QED) is 0.886. The first-order valence-corrected chi connectivity index (χ1v) is 5.53. The summed E-state index contributed by atoms with van der Waals surface area (Å²) in [5, 5.41) is 7.48. The number of halogens is 1. The molecule has 0 atom stereocenters. The van der Waals surface area contributed by atoms with Crippen molar-refractivity contribution < 1.29 is 0 Å². The minimum Gasteiger partial charge on any atom is -0.396 e. The summed E-state index contributed by atoms with van der Waals surface area (Å²) in [5.74, 6) is 0. The number of anilines is 3. The molecule has 0 spiro atoms. The van der Waals surface area contributed by atoms with Crippen LogP contribution in [0.5, 0.6) is 0 Å². The molecule has 0 radical (unpaired) electrons. The summed E-state index contributed by atoms with van der Waals surface area (Å²) in [4.78, 5) is 3.98. The number of aryl methyl sites for hydroxylation is 2. The van der Waals surface area contributed by atoms with E-state index in [-0.39, 0.29) is 0 Å². The van der Waals surface area contributed by atoms with Crippen LogP contribution >= 0.6 is 15.9 Å². The van der Waals surface area contributed by atoms with E-state index in [2.05, 4.69) is 31.3 Å².